The highest BCUT2D eigenvalue weighted by Crippen LogP contribution is 2.16. The van der Waals surface area contributed by atoms with Crippen molar-refractivity contribution in [1.29, 1.82) is 0 Å². The van der Waals surface area contributed by atoms with Gasteiger partial charge in [0.1, 0.15) is 0 Å². The molecule has 0 aromatic heterocycles. The van der Waals surface area contributed by atoms with E-state index in [1.54, 1.807) is 6.08 Å². The Bertz CT molecular complexity index is 271. The minimum absolute atomic E-state index is 0.109. The zero-order chi connectivity index (χ0) is 10.4. The largest absolute Gasteiger partial charge is 0.372 e. The van der Waals surface area contributed by atoms with Crippen LogP contribution in [0.3, 0.4) is 0 Å². The molecule has 0 bridgehead atoms. The molecule has 0 aliphatic rings. The molecule has 0 amide bonds. The summed E-state index contributed by atoms with van der Waals surface area (Å²) >= 11 is 0. The van der Waals surface area contributed by atoms with E-state index in [-0.39, 0.29) is 12.1 Å². The second kappa shape index (κ2) is 5.58. The van der Waals surface area contributed by atoms with Crippen LogP contribution in [0.1, 0.15) is 18.5 Å². The van der Waals surface area contributed by atoms with Gasteiger partial charge in [-0.3, -0.25) is 0 Å². The Kier molecular flexibility index (Phi) is 4.36. The molecule has 0 heterocycles. The van der Waals surface area contributed by atoms with Crippen LogP contribution >= 0.6 is 0 Å². The van der Waals surface area contributed by atoms with Gasteiger partial charge in [-0.05, 0) is 12.5 Å². The summed E-state index contributed by atoms with van der Waals surface area (Å²) in [7, 11) is 0. The molecule has 0 aliphatic carbocycles. The van der Waals surface area contributed by atoms with Crippen LogP contribution in [0.4, 0.5) is 0 Å². The molecule has 0 fully saturated rings. The Morgan fingerprint density at radius 2 is 2.07 bits per heavy atom. The lowest BCUT2D eigenvalue weighted by Gasteiger charge is -2.20. The van der Waals surface area contributed by atoms with Crippen molar-refractivity contribution in [2.75, 3.05) is 6.61 Å². The smallest absolute Gasteiger partial charge is 0.0945 e. The van der Waals surface area contributed by atoms with E-state index in [4.69, 9.17) is 10.5 Å². The number of hydrogen-bond donors (Lipinski definition) is 1. The quantitative estimate of drug-likeness (QED) is 0.725. The maximum atomic E-state index is 6.04. The van der Waals surface area contributed by atoms with Crippen molar-refractivity contribution >= 4 is 0 Å². The van der Waals surface area contributed by atoms with Gasteiger partial charge in [-0.15, -0.1) is 6.58 Å². The fourth-order valence-electron chi connectivity index (χ4n) is 1.38. The van der Waals surface area contributed by atoms with Crippen LogP contribution in [0, 0.1) is 0 Å². The summed E-state index contributed by atoms with van der Waals surface area (Å²) in [5, 5.41) is 0. The van der Waals surface area contributed by atoms with Gasteiger partial charge >= 0.3 is 0 Å². The summed E-state index contributed by atoms with van der Waals surface area (Å²) in [6, 6.07) is 9.79. The molecular formula is C12H17NO. The van der Waals surface area contributed by atoms with Crippen molar-refractivity contribution in [3.05, 3.63) is 48.6 Å². The van der Waals surface area contributed by atoms with Crippen molar-refractivity contribution < 1.29 is 4.74 Å². The average Bonchev–Trinajstić information content (AvgIpc) is 2.26. The lowest BCUT2D eigenvalue weighted by Crippen LogP contribution is -2.27. The highest BCUT2D eigenvalue weighted by Gasteiger charge is 2.15. The third-order valence-electron chi connectivity index (χ3n) is 2.13. The predicted molar refractivity (Wildman–Crippen MR) is 59.0 cm³/mol. The van der Waals surface area contributed by atoms with E-state index in [0.717, 1.165) is 5.56 Å². The first-order valence-electron chi connectivity index (χ1n) is 4.84. The van der Waals surface area contributed by atoms with Crippen molar-refractivity contribution in [3.8, 4) is 0 Å². The second-order valence-electron chi connectivity index (χ2n) is 3.09. The molecule has 0 spiro atoms. The predicted octanol–water partition coefficient (Wildman–Crippen LogP) is 2.28. The first kappa shape index (κ1) is 11.0. The summed E-state index contributed by atoms with van der Waals surface area (Å²) in [6.07, 6.45) is 1.64. The maximum absolute atomic E-state index is 6.04. The molecule has 0 saturated heterocycles. The highest BCUT2D eigenvalue weighted by molar-refractivity contribution is 5.20. The lowest BCUT2D eigenvalue weighted by molar-refractivity contribution is 0.0779. The number of ether oxygens (including phenoxy) is 1. The number of benzene rings is 1. The molecule has 2 heteroatoms. The van der Waals surface area contributed by atoms with Crippen LogP contribution in [0.25, 0.3) is 0 Å². The minimum Gasteiger partial charge on any atom is -0.372 e. The first-order valence-corrected chi connectivity index (χ1v) is 4.84. The maximum Gasteiger partial charge on any atom is 0.0945 e. The van der Waals surface area contributed by atoms with Crippen LogP contribution in [0.15, 0.2) is 43.0 Å². The fraction of sp³-hybridized carbons (Fsp3) is 0.333. The monoisotopic (exact) mass is 191 g/mol. The van der Waals surface area contributed by atoms with E-state index >= 15 is 0 Å². The Morgan fingerprint density at radius 3 is 2.57 bits per heavy atom. The van der Waals surface area contributed by atoms with Gasteiger partial charge in [0, 0.05) is 6.61 Å². The van der Waals surface area contributed by atoms with E-state index in [1.165, 1.54) is 0 Å². The Balaban J connectivity index is 2.72. The van der Waals surface area contributed by atoms with Gasteiger partial charge in [-0.2, -0.15) is 0 Å². The van der Waals surface area contributed by atoms with Gasteiger partial charge in [-0.1, -0.05) is 36.4 Å². The average molecular weight is 191 g/mol. The van der Waals surface area contributed by atoms with E-state index in [0.29, 0.717) is 6.61 Å². The molecule has 76 valence electrons. The summed E-state index contributed by atoms with van der Waals surface area (Å²) in [6.45, 7) is 6.32. The molecule has 1 rings (SSSR count). The third kappa shape index (κ3) is 2.69. The topological polar surface area (TPSA) is 35.2 Å². The molecule has 14 heavy (non-hydrogen) atoms. The van der Waals surface area contributed by atoms with Crippen molar-refractivity contribution in [2.45, 2.75) is 19.1 Å². The van der Waals surface area contributed by atoms with E-state index in [1.807, 2.05) is 37.3 Å². The molecule has 2 atom stereocenters. The molecule has 0 radical (unpaired) electrons. The van der Waals surface area contributed by atoms with Crippen molar-refractivity contribution in [1.82, 2.24) is 0 Å². The molecule has 2 N–H and O–H groups in total. The molecular weight excluding hydrogens is 174 g/mol. The van der Waals surface area contributed by atoms with Crippen molar-refractivity contribution in [3.63, 3.8) is 0 Å². The summed E-state index contributed by atoms with van der Waals surface area (Å²) in [5.74, 6) is 0. The minimum atomic E-state index is -0.131. The van der Waals surface area contributed by atoms with Crippen LogP contribution in [-0.2, 0) is 4.74 Å². The molecule has 2 nitrogen and oxygen atoms in total. The molecule has 1 aromatic rings. The first-order chi connectivity index (χ1) is 6.79. The summed E-state index contributed by atoms with van der Waals surface area (Å²) < 4.78 is 5.46. The van der Waals surface area contributed by atoms with Gasteiger partial charge in [0.25, 0.3) is 0 Å². The van der Waals surface area contributed by atoms with Gasteiger partial charge in [0.15, 0.2) is 0 Å². The lowest BCUT2D eigenvalue weighted by atomic mass is 10.0. The van der Waals surface area contributed by atoms with Gasteiger partial charge in [0.05, 0.1) is 12.1 Å². The molecule has 0 unspecified atom stereocenters. The number of nitrogens with two attached hydrogens (primary N) is 1. The zero-order valence-electron chi connectivity index (χ0n) is 8.52. The molecule has 0 aliphatic heterocycles. The van der Waals surface area contributed by atoms with Crippen molar-refractivity contribution in [2.24, 2.45) is 5.73 Å². The third-order valence-corrected chi connectivity index (χ3v) is 2.13. The molecule has 0 saturated carbocycles. The second-order valence-corrected chi connectivity index (χ2v) is 3.09. The van der Waals surface area contributed by atoms with Crippen LogP contribution in [0.5, 0.6) is 0 Å². The van der Waals surface area contributed by atoms with Gasteiger partial charge < -0.3 is 10.5 Å². The van der Waals surface area contributed by atoms with E-state index < -0.39 is 0 Å². The van der Waals surface area contributed by atoms with E-state index in [2.05, 4.69) is 6.58 Å². The highest BCUT2D eigenvalue weighted by atomic mass is 16.5. The summed E-state index contributed by atoms with van der Waals surface area (Å²) in [5.41, 5.74) is 7.11. The van der Waals surface area contributed by atoms with Gasteiger partial charge in [0.2, 0.25) is 0 Å². The van der Waals surface area contributed by atoms with Crippen LogP contribution in [-0.4, -0.2) is 12.7 Å². The fourth-order valence-corrected chi connectivity index (χ4v) is 1.38. The number of hydrogen-bond acceptors (Lipinski definition) is 2. The Morgan fingerprint density at radius 1 is 1.43 bits per heavy atom. The Labute approximate surface area is 85.4 Å². The Hall–Kier alpha value is -1.12. The van der Waals surface area contributed by atoms with Gasteiger partial charge in [-0.25, -0.2) is 0 Å². The van der Waals surface area contributed by atoms with Crippen LogP contribution in [0.2, 0.25) is 0 Å². The molecule has 1 aromatic carbocycles. The SMILES string of the molecule is C=C[C@@H](OCC)[C@H](N)c1ccccc1. The number of rotatable bonds is 5. The zero-order valence-corrected chi connectivity index (χ0v) is 8.52. The van der Waals surface area contributed by atoms with E-state index in [9.17, 15) is 0 Å². The standard InChI is InChI=1S/C12H17NO/c1-3-11(14-4-2)12(13)10-8-6-5-7-9-10/h3,5-9,11-12H,1,4,13H2,2H3/t11-,12-/m1/s1. The normalized spacial score (nSPS) is 14.7. The summed E-state index contributed by atoms with van der Waals surface area (Å²) in [4.78, 5) is 0. The van der Waals surface area contributed by atoms with Crippen LogP contribution < -0.4 is 5.73 Å².